The van der Waals surface area contributed by atoms with Crippen molar-refractivity contribution in [2.75, 3.05) is 13.1 Å². The van der Waals surface area contributed by atoms with Crippen LogP contribution in [0.25, 0.3) is 0 Å². The molecule has 5 heteroatoms. The maximum Gasteiger partial charge on any atom is 0.191 e. The van der Waals surface area contributed by atoms with Crippen molar-refractivity contribution in [2.45, 2.75) is 39.7 Å². The van der Waals surface area contributed by atoms with Gasteiger partial charge in [0.25, 0.3) is 0 Å². The molecule has 0 aliphatic rings. The van der Waals surface area contributed by atoms with Crippen molar-refractivity contribution in [2.24, 2.45) is 4.99 Å². The van der Waals surface area contributed by atoms with Crippen LogP contribution in [-0.4, -0.2) is 24.0 Å². The zero-order chi connectivity index (χ0) is 13.1. The van der Waals surface area contributed by atoms with E-state index in [1.54, 1.807) is 6.20 Å². The van der Waals surface area contributed by atoms with E-state index in [1.165, 1.54) is 19.3 Å². The molecule has 0 aliphatic carbocycles. The molecule has 0 saturated carbocycles. The van der Waals surface area contributed by atoms with E-state index in [1.807, 2.05) is 18.2 Å². The van der Waals surface area contributed by atoms with Crippen molar-refractivity contribution in [3.8, 4) is 0 Å². The van der Waals surface area contributed by atoms with Gasteiger partial charge in [-0.25, -0.2) is 4.99 Å². The summed E-state index contributed by atoms with van der Waals surface area (Å²) < 4.78 is 0. The number of hydrogen-bond donors (Lipinski definition) is 2. The van der Waals surface area contributed by atoms with Crippen molar-refractivity contribution in [3.05, 3.63) is 30.1 Å². The summed E-state index contributed by atoms with van der Waals surface area (Å²) >= 11 is 0. The smallest absolute Gasteiger partial charge is 0.191 e. The third kappa shape index (κ3) is 8.80. The van der Waals surface area contributed by atoms with Crippen LogP contribution in [0.1, 0.15) is 38.8 Å². The van der Waals surface area contributed by atoms with Crippen molar-refractivity contribution < 1.29 is 0 Å². The van der Waals surface area contributed by atoms with Gasteiger partial charge in [-0.1, -0.05) is 25.8 Å². The number of unbranched alkanes of at least 4 members (excludes halogenated alkanes) is 2. The lowest BCUT2D eigenvalue weighted by molar-refractivity contribution is 0.683. The van der Waals surface area contributed by atoms with Crippen LogP contribution in [0.3, 0.4) is 0 Å². The Morgan fingerprint density at radius 3 is 2.68 bits per heavy atom. The van der Waals surface area contributed by atoms with Crippen molar-refractivity contribution >= 4 is 29.9 Å². The van der Waals surface area contributed by atoms with Gasteiger partial charge in [-0.2, -0.15) is 0 Å². The number of hydrogen-bond acceptors (Lipinski definition) is 2. The minimum absolute atomic E-state index is 0. The monoisotopic (exact) mass is 376 g/mol. The Balaban J connectivity index is 0.00000324. The van der Waals surface area contributed by atoms with Gasteiger partial charge in [0, 0.05) is 19.3 Å². The molecule has 0 aliphatic heterocycles. The molecule has 2 N–H and O–H groups in total. The van der Waals surface area contributed by atoms with Gasteiger partial charge in [0.1, 0.15) is 0 Å². The highest BCUT2D eigenvalue weighted by Gasteiger charge is 1.97. The fraction of sp³-hybridized carbons (Fsp3) is 0.571. The first kappa shape index (κ1) is 18.1. The predicted octanol–water partition coefficient (Wildman–Crippen LogP) is 2.94. The second kappa shape index (κ2) is 12.2. The number of halogens is 1. The van der Waals surface area contributed by atoms with E-state index in [-0.39, 0.29) is 24.0 Å². The van der Waals surface area contributed by atoms with Crippen LogP contribution in [0, 0.1) is 0 Å². The Hall–Kier alpha value is -0.850. The first-order valence-corrected chi connectivity index (χ1v) is 6.79. The first-order chi connectivity index (χ1) is 8.86. The molecule has 1 aromatic heterocycles. The summed E-state index contributed by atoms with van der Waals surface area (Å²) in [7, 11) is 0. The number of aliphatic imine (C=N–C) groups is 1. The first-order valence-electron chi connectivity index (χ1n) is 6.79. The molecule has 0 bridgehead atoms. The predicted molar refractivity (Wildman–Crippen MR) is 92.0 cm³/mol. The maximum atomic E-state index is 4.51. The Kier molecular flexibility index (Phi) is 11.7. The van der Waals surface area contributed by atoms with Crippen LogP contribution in [0.15, 0.2) is 29.4 Å². The Morgan fingerprint density at radius 2 is 2.05 bits per heavy atom. The highest BCUT2D eigenvalue weighted by molar-refractivity contribution is 14.0. The highest BCUT2D eigenvalue weighted by atomic mass is 127. The third-order valence-corrected chi connectivity index (χ3v) is 2.54. The summed E-state index contributed by atoms with van der Waals surface area (Å²) in [5, 5.41) is 6.58. The van der Waals surface area contributed by atoms with Gasteiger partial charge in [-0.15, -0.1) is 24.0 Å². The number of pyridine rings is 1. The lowest BCUT2D eigenvalue weighted by Gasteiger charge is -2.10. The third-order valence-electron chi connectivity index (χ3n) is 2.54. The number of nitrogens with one attached hydrogen (secondary N) is 2. The molecule has 0 radical (unpaired) electrons. The molecule has 1 aromatic rings. The minimum Gasteiger partial charge on any atom is -0.357 e. The maximum absolute atomic E-state index is 4.51. The SMILES string of the molecule is CCCCCNC(=NCc1ccccn1)NCC.I. The lowest BCUT2D eigenvalue weighted by atomic mass is 10.2. The summed E-state index contributed by atoms with van der Waals surface area (Å²) in [6.07, 6.45) is 5.48. The van der Waals surface area contributed by atoms with E-state index in [9.17, 15) is 0 Å². The Morgan fingerprint density at radius 1 is 1.21 bits per heavy atom. The van der Waals surface area contributed by atoms with Gasteiger partial charge in [0.05, 0.1) is 12.2 Å². The van der Waals surface area contributed by atoms with Gasteiger partial charge < -0.3 is 10.6 Å². The molecule has 0 spiro atoms. The minimum atomic E-state index is 0. The lowest BCUT2D eigenvalue weighted by Crippen LogP contribution is -2.37. The van der Waals surface area contributed by atoms with E-state index in [0.717, 1.165) is 24.7 Å². The number of nitrogens with zero attached hydrogens (tertiary/aromatic N) is 2. The summed E-state index contributed by atoms with van der Waals surface area (Å²) in [4.78, 5) is 8.77. The van der Waals surface area contributed by atoms with Crippen LogP contribution in [0.2, 0.25) is 0 Å². The topological polar surface area (TPSA) is 49.3 Å². The number of rotatable bonds is 7. The number of aromatic nitrogens is 1. The van der Waals surface area contributed by atoms with E-state index >= 15 is 0 Å². The molecule has 19 heavy (non-hydrogen) atoms. The highest BCUT2D eigenvalue weighted by Crippen LogP contribution is 1.95. The molecule has 0 amide bonds. The zero-order valence-corrected chi connectivity index (χ0v) is 14.2. The standard InChI is InChI=1S/C14H24N4.HI/c1-3-5-7-11-17-14(15-4-2)18-12-13-9-6-8-10-16-13;/h6,8-10H,3-5,7,11-12H2,1-2H3,(H2,15,17,18);1H. The summed E-state index contributed by atoms with van der Waals surface area (Å²) in [6, 6.07) is 5.89. The molecular weight excluding hydrogens is 351 g/mol. The van der Waals surface area contributed by atoms with Crippen molar-refractivity contribution in [1.29, 1.82) is 0 Å². The molecule has 1 rings (SSSR count). The van der Waals surface area contributed by atoms with Crippen molar-refractivity contribution in [1.82, 2.24) is 15.6 Å². The zero-order valence-electron chi connectivity index (χ0n) is 11.9. The average Bonchev–Trinajstić information content (AvgIpc) is 2.42. The fourth-order valence-electron chi connectivity index (χ4n) is 1.58. The van der Waals surface area contributed by atoms with E-state index in [2.05, 4.69) is 34.5 Å². The van der Waals surface area contributed by atoms with Gasteiger partial charge in [0.15, 0.2) is 5.96 Å². The second-order valence-electron chi connectivity index (χ2n) is 4.15. The van der Waals surface area contributed by atoms with Gasteiger partial charge in [0.2, 0.25) is 0 Å². The summed E-state index contributed by atoms with van der Waals surface area (Å²) in [6.45, 7) is 6.75. The van der Waals surface area contributed by atoms with Gasteiger partial charge in [-0.05, 0) is 25.5 Å². The largest absolute Gasteiger partial charge is 0.357 e. The average molecular weight is 376 g/mol. The van der Waals surface area contributed by atoms with Crippen LogP contribution in [-0.2, 0) is 6.54 Å². The normalized spacial score (nSPS) is 10.7. The van der Waals surface area contributed by atoms with Crippen LogP contribution in [0.4, 0.5) is 0 Å². The molecule has 0 unspecified atom stereocenters. The second-order valence-corrected chi connectivity index (χ2v) is 4.15. The van der Waals surface area contributed by atoms with Gasteiger partial charge >= 0.3 is 0 Å². The molecule has 108 valence electrons. The van der Waals surface area contributed by atoms with Crippen molar-refractivity contribution in [3.63, 3.8) is 0 Å². The molecular formula is C14H25IN4. The van der Waals surface area contributed by atoms with Crippen LogP contribution in [0.5, 0.6) is 0 Å². The summed E-state index contributed by atoms with van der Waals surface area (Å²) in [5.74, 6) is 0.874. The molecule has 0 fully saturated rings. The Labute approximate surface area is 133 Å². The fourth-order valence-corrected chi connectivity index (χ4v) is 1.58. The number of guanidine groups is 1. The van der Waals surface area contributed by atoms with Crippen LogP contribution < -0.4 is 10.6 Å². The molecule has 0 aromatic carbocycles. The van der Waals surface area contributed by atoms with E-state index in [4.69, 9.17) is 0 Å². The Bertz CT molecular complexity index is 341. The molecule has 0 saturated heterocycles. The van der Waals surface area contributed by atoms with Crippen LogP contribution >= 0.6 is 24.0 Å². The quantitative estimate of drug-likeness (QED) is 0.333. The van der Waals surface area contributed by atoms with E-state index < -0.39 is 0 Å². The van der Waals surface area contributed by atoms with E-state index in [0.29, 0.717) is 6.54 Å². The molecule has 4 nitrogen and oxygen atoms in total. The van der Waals surface area contributed by atoms with Gasteiger partial charge in [-0.3, -0.25) is 4.98 Å². The molecule has 1 heterocycles. The molecule has 0 atom stereocenters. The summed E-state index contributed by atoms with van der Waals surface area (Å²) in [5.41, 5.74) is 0.989.